The molecule has 0 aliphatic heterocycles. The third-order valence-corrected chi connectivity index (χ3v) is 4.94. The first kappa shape index (κ1) is 20.0. The molecule has 0 aliphatic carbocycles. The first-order chi connectivity index (χ1) is 14.9. The summed E-state index contributed by atoms with van der Waals surface area (Å²) in [6, 6.07) is 23.0. The van der Waals surface area contributed by atoms with Crippen LogP contribution in [0.15, 0.2) is 78.9 Å². The molecule has 0 fully saturated rings. The van der Waals surface area contributed by atoms with Crippen molar-refractivity contribution in [2.24, 2.45) is 0 Å². The Hall–Kier alpha value is -4.26. The van der Waals surface area contributed by atoms with Crippen molar-refractivity contribution in [3.05, 3.63) is 106 Å². The van der Waals surface area contributed by atoms with E-state index in [1.165, 1.54) is 24.3 Å². The van der Waals surface area contributed by atoms with E-state index in [0.29, 0.717) is 11.4 Å². The molecule has 0 unspecified atom stereocenters. The average Bonchev–Trinajstić information content (AvgIpc) is 3.18. The van der Waals surface area contributed by atoms with Crippen molar-refractivity contribution in [3.63, 3.8) is 0 Å². The van der Waals surface area contributed by atoms with Crippen LogP contribution in [0, 0.1) is 24.0 Å². The summed E-state index contributed by atoms with van der Waals surface area (Å²) in [4.78, 5) is 23.2. The van der Waals surface area contributed by atoms with E-state index in [0.717, 1.165) is 28.1 Å². The number of nitro benzene ring substituents is 1. The molecule has 0 atom stereocenters. The third kappa shape index (κ3) is 4.20. The standard InChI is InChI=1S/C24H20N4O3/c1-16-8-13-22(17(2)14-16)27-23(15-21(26-27)18-6-4-3-5-7-18)25-24(29)19-9-11-20(12-10-19)28(30)31/h3-15H,1-2H3,(H,25,29). The van der Waals surface area contributed by atoms with Gasteiger partial charge < -0.3 is 5.32 Å². The number of nitro groups is 1. The fraction of sp³-hybridized carbons (Fsp3) is 0.0833. The third-order valence-electron chi connectivity index (χ3n) is 4.94. The highest BCUT2D eigenvalue weighted by Gasteiger charge is 2.17. The van der Waals surface area contributed by atoms with Crippen molar-refractivity contribution in [1.82, 2.24) is 9.78 Å². The number of hydrogen-bond acceptors (Lipinski definition) is 4. The Morgan fingerprint density at radius 3 is 2.32 bits per heavy atom. The van der Waals surface area contributed by atoms with E-state index < -0.39 is 4.92 Å². The van der Waals surface area contributed by atoms with Crippen molar-refractivity contribution in [3.8, 4) is 16.9 Å². The molecule has 0 saturated carbocycles. The maximum Gasteiger partial charge on any atom is 0.269 e. The average molecular weight is 412 g/mol. The summed E-state index contributed by atoms with van der Waals surface area (Å²) in [5.41, 5.74) is 4.91. The molecular formula is C24H20N4O3. The van der Waals surface area contributed by atoms with Crippen molar-refractivity contribution in [1.29, 1.82) is 0 Å². The number of amides is 1. The van der Waals surface area contributed by atoms with Gasteiger partial charge in [-0.05, 0) is 37.6 Å². The van der Waals surface area contributed by atoms with E-state index in [1.54, 1.807) is 4.68 Å². The van der Waals surface area contributed by atoms with Gasteiger partial charge in [0.1, 0.15) is 5.82 Å². The Morgan fingerprint density at radius 1 is 0.968 bits per heavy atom. The first-order valence-electron chi connectivity index (χ1n) is 9.71. The number of carbonyl (C=O) groups excluding carboxylic acids is 1. The molecule has 1 heterocycles. The highest BCUT2D eigenvalue weighted by atomic mass is 16.6. The zero-order valence-electron chi connectivity index (χ0n) is 17.1. The number of nitrogens with one attached hydrogen (secondary N) is 1. The highest BCUT2D eigenvalue weighted by molar-refractivity contribution is 6.04. The van der Waals surface area contributed by atoms with E-state index >= 15 is 0 Å². The number of non-ortho nitro benzene ring substituents is 1. The summed E-state index contributed by atoms with van der Waals surface area (Å²) in [6.45, 7) is 4.01. The zero-order valence-corrected chi connectivity index (χ0v) is 17.1. The van der Waals surface area contributed by atoms with Gasteiger partial charge in [-0.1, -0.05) is 48.0 Å². The molecule has 4 rings (SSSR count). The van der Waals surface area contributed by atoms with Crippen LogP contribution in [0.4, 0.5) is 11.5 Å². The molecule has 0 spiro atoms. The molecule has 1 N–H and O–H groups in total. The maximum absolute atomic E-state index is 12.8. The summed E-state index contributed by atoms with van der Waals surface area (Å²) < 4.78 is 1.71. The summed E-state index contributed by atoms with van der Waals surface area (Å²) in [6.07, 6.45) is 0. The fourth-order valence-corrected chi connectivity index (χ4v) is 3.37. The smallest absolute Gasteiger partial charge is 0.269 e. The Morgan fingerprint density at radius 2 is 1.68 bits per heavy atom. The topological polar surface area (TPSA) is 90.1 Å². The Labute approximate surface area is 179 Å². The zero-order chi connectivity index (χ0) is 22.0. The van der Waals surface area contributed by atoms with Gasteiger partial charge in [-0.25, -0.2) is 4.68 Å². The van der Waals surface area contributed by atoms with Crippen molar-refractivity contribution in [2.45, 2.75) is 13.8 Å². The van der Waals surface area contributed by atoms with E-state index in [2.05, 4.69) is 11.4 Å². The number of nitrogens with zero attached hydrogens (tertiary/aromatic N) is 3. The van der Waals surface area contributed by atoms with Gasteiger partial charge in [0, 0.05) is 29.3 Å². The van der Waals surface area contributed by atoms with Crippen LogP contribution in [0.5, 0.6) is 0 Å². The predicted molar refractivity (Wildman–Crippen MR) is 120 cm³/mol. The molecule has 0 aliphatic rings. The number of aryl methyl sites for hydroxylation is 2. The normalized spacial score (nSPS) is 10.6. The summed E-state index contributed by atoms with van der Waals surface area (Å²) in [5.74, 6) is 0.134. The minimum absolute atomic E-state index is 0.0664. The lowest BCUT2D eigenvalue weighted by Gasteiger charge is -2.12. The van der Waals surface area contributed by atoms with Crippen molar-refractivity contribution in [2.75, 3.05) is 5.32 Å². The maximum atomic E-state index is 12.8. The van der Waals surface area contributed by atoms with E-state index in [1.807, 2.05) is 62.4 Å². The lowest BCUT2D eigenvalue weighted by atomic mass is 10.1. The summed E-state index contributed by atoms with van der Waals surface area (Å²) in [5, 5.41) is 18.5. The SMILES string of the molecule is Cc1ccc(-n2nc(-c3ccccc3)cc2NC(=O)c2ccc([N+](=O)[O-])cc2)c(C)c1. The summed E-state index contributed by atoms with van der Waals surface area (Å²) >= 11 is 0. The van der Waals surface area contributed by atoms with E-state index in [9.17, 15) is 14.9 Å². The number of anilines is 1. The molecular weight excluding hydrogens is 392 g/mol. The van der Waals surface area contributed by atoms with Crippen LogP contribution in [0.25, 0.3) is 16.9 Å². The van der Waals surface area contributed by atoms with Gasteiger partial charge in [0.05, 0.1) is 16.3 Å². The molecule has 0 radical (unpaired) electrons. The second-order valence-corrected chi connectivity index (χ2v) is 7.24. The van der Waals surface area contributed by atoms with Crippen LogP contribution < -0.4 is 5.32 Å². The van der Waals surface area contributed by atoms with Crippen molar-refractivity contribution >= 4 is 17.4 Å². The molecule has 1 amide bonds. The van der Waals surface area contributed by atoms with E-state index in [-0.39, 0.29) is 11.6 Å². The van der Waals surface area contributed by atoms with Gasteiger partial charge in [-0.15, -0.1) is 0 Å². The van der Waals surface area contributed by atoms with Crippen LogP contribution in [0.3, 0.4) is 0 Å². The van der Waals surface area contributed by atoms with Crippen LogP contribution in [-0.4, -0.2) is 20.6 Å². The predicted octanol–water partition coefficient (Wildman–Crippen LogP) is 5.32. The largest absolute Gasteiger partial charge is 0.306 e. The minimum atomic E-state index is -0.497. The Balaban J connectivity index is 1.74. The van der Waals surface area contributed by atoms with Gasteiger partial charge in [0.15, 0.2) is 0 Å². The molecule has 0 bridgehead atoms. The summed E-state index contributed by atoms with van der Waals surface area (Å²) in [7, 11) is 0. The quantitative estimate of drug-likeness (QED) is 0.355. The second kappa shape index (κ2) is 8.23. The van der Waals surface area contributed by atoms with Crippen molar-refractivity contribution < 1.29 is 9.72 Å². The van der Waals surface area contributed by atoms with Gasteiger partial charge in [0.25, 0.3) is 11.6 Å². The number of carbonyl (C=O) groups is 1. The monoisotopic (exact) mass is 412 g/mol. The molecule has 0 saturated heterocycles. The molecule has 7 nitrogen and oxygen atoms in total. The lowest BCUT2D eigenvalue weighted by molar-refractivity contribution is -0.384. The van der Waals surface area contributed by atoms with E-state index in [4.69, 9.17) is 5.10 Å². The number of hydrogen-bond donors (Lipinski definition) is 1. The fourth-order valence-electron chi connectivity index (χ4n) is 3.37. The van der Waals surface area contributed by atoms with Gasteiger partial charge in [0.2, 0.25) is 0 Å². The van der Waals surface area contributed by atoms with Gasteiger partial charge >= 0.3 is 0 Å². The first-order valence-corrected chi connectivity index (χ1v) is 9.71. The second-order valence-electron chi connectivity index (χ2n) is 7.24. The molecule has 4 aromatic rings. The Kier molecular flexibility index (Phi) is 5.32. The van der Waals surface area contributed by atoms with Crippen LogP contribution in [0.1, 0.15) is 21.5 Å². The number of aromatic nitrogens is 2. The molecule has 154 valence electrons. The highest BCUT2D eigenvalue weighted by Crippen LogP contribution is 2.27. The number of benzene rings is 3. The lowest BCUT2D eigenvalue weighted by Crippen LogP contribution is -2.15. The minimum Gasteiger partial charge on any atom is -0.306 e. The molecule has 7 heteroatoms. The van der Waals surface area contributed by atoms with Crippen LogP contribution >= 0.6 is 0 Å². The van der Waals surface area contributed by atoms with Crippen LogP contribution in [0.2, 0.25) is 0 Å². The van der Waals surface area contributed by atoms with Gasteiger partial charge in [-0.3, -0.25) is 14.9 Å². The van der Waals surface area contributed by atoms with Gasteiger partial charge in [-0.2, -0.15) is 5.10 Å². The van der Waals surface area contributed by atoms with Crippen LogP contribution in [-0.2, 0) is 0 Å². The molecule has 1 aromatic heterocycles. The molecule has 3 aromatic carbocycles. The molecule has 31 heavy (non-hydrogen) atoms. The number of rotatable bonds is 5. The Bertz CT molecular complexity index is 1260.